The summed E-state index contributed by atoms with van der Waals surface area (Å²) in [5, 5.41) is 0. The molecule has 6 heteroatoms. The minimum atomic E-state index is -3.14. The van der Waals surface area contributed by atoms with Crippen LogP contribution in [0.3, 0.4) is 0 Å². The van der Waals surface area contributed by atoms with Gasteiger partial charge in [0.1, 0.15) is 5.56 Å². The third kappa shape index (κ3) is 1.95. The highest BCUT2D eigenvalue weighted by Crippen LogP contribution is 2.23. The van der Waals surface area contributed by atoms with Crippen LogP contribution in [0.25, 0.3) is 0 Å². The summed E-state index contributed by atoms with van der Waals surface area (Å²) in [6.45, 7) is 0.641. The fraction of sp³-hybridized carbons (Fsp3) is 0.250. The lowest BCUT2D eigenvalue weighted by molar-refractivity contribution is 0.0125. The van der Waals surface area contributed by atoms with Gasteiger partial charge in [0, 0.05) is 6.92 Å². The first-order valence-corrected chi connectivity index (χ1v) is 3.74. The molecule has 14 heavy (non-hydrogen) atoms. The zero-order valence-corrected chi connectivity index (χ0v) is 7.30. The van der Waals surface area contributed by atoms with Crippen molar-refractivity contribution in [2.45, 2.75) is 12.8 Å². The largest absolute Gasteiger partial charge is 0.365 e. The molecular weight excluding hydrogens is 194 g/mol. The van der Waals surface area contributed by atoms with Crippen molar-refractivity contribution in [1.82, 2.24) is 4.98 Å². The maximum Gasteiger partial charge on any atom is 0.284 e. The topological polar surface area (TPSA) is 76.0 Å². The van der Waals surface area contributed by atoms with Crippen molar-refractivity contribution in [3.63, 3.8) is 0 Å². The molecule has 1 heterocycles. The van der Waals surface area contributed by atoms with Crippen molar-refractivity contribution in [1.29, 1.82) is 0 Å². The van der Waals surface area contributed by atoms with Crippen molar-refractivity contribution in [2.75, 3.05) is 0 Å². The fourth-order valence-corrected chi connectivity index (χ4v) is 0.924. The van der Waals surface area contributed by atoms with Gasteiger partial charge in [0.15, 0.2) is 0 Å². The maximum atomic E-state index is 12.7. The van der Waals surface area contributed by atoms with Gasteiger partial charge in [-0.25, -0.2) is 8.78 Å². The molecular formula is C8H8F2N2O2. The van der Waals surface area contributed by atoms with E-state index in [0.717, 1.165) is 12.1 Å². The summed E-state index contributed by atoms with van der Waals surface area (Å²) < 4.78 is 25.4. The molecule has 0 fully saturated rings. The minimum Gasteiger partial charge on any atom is -0.365 e. The standard InChI is InChI=1S/C8H8F2N2O2/c1-8(9,10)5-3-2-4(6(11)13)7(14)12-5/h2-3H,1H3,(H2,11,13)(H,12,14). The average Bonchev–Trinajstić information content (AvgIpc) is 2.01. The van der Waals surface area contributed by atoms with Gasteiger partial charge in [0.05, 0.1) is 5.69 Å². The third-order valence-corrected chi connectivity index (χ3v) is 1.65. The molecule has 1 rings (SSSR count). The van der Waals surface area contributed by atoms with E-state index in [2.05, 4.69) is 0 Å². The predicted octanol–water partition coefficient (Wildman–Crippen LogP) is 0.586. The molecule has 0 bridgehead atoms. The molecule has 1 amide bonds. The molecule has 0 aromatic carbocycles. The Morgan fingerprint density at radius 3 is 2.43 bits per heavy atom. The number of hydrogen-bond acceptors (Lipinski definition) is 2. The Morgan fingerprint density at radius 1 is 1.50 bits per heavy atom. The van der Waals surface area contributed by atoms with E-state index in [0.29, 0.717) is 6.92 Å². The molecule has 0 aliphatic heterocycles. The first kappa shape index (κ1) is 10.4. The molecule has 0 saturated heterocycles. The number of nitrogens with two attached hydrogens (primary N) is 1. The maximum absolute atomic E-state index is 12.7. The van der Waals surface area contributed by atoms with Crippen molar-refractivity contribution in [3.8, 4) is 0 Å². The molecule has 76 valence electrons. The second kappa shape index (κ2) is 3.21. The van der Waals surface area contributed by atoms with E-state index in [1.165, 1.54) is 0 Å². The SMILES string of the molecule is CC(F)(F)c1ccc(C(N)=O)c(=O)[nH]1. The van der Waals surface area contributed by atoms with Crippen LogP contribution in [0.1, 0.15) is 23.0 Å². The molecule has 1 aromatic rings. The second-order valence-corrected chi connectivity index (χ2v) is 2.87. The number of pyridine rings is 1. The van der Waals surface area contributed by atoms with Crippen LogP contribution in [0.2, 0.25) is 0 Å². The highest BCUT2D eigenvalue weighted by Gasteiger charge is 2.25. The van der Waals surface area contributed by atoms with Crippen LogP contribution >= 0.6 is 0 Å². The Kier molecular flexibility index (Phi) is 2.37. The first-order valence-electron chi connectivity index (χ1n) is 3.74. The smallest absolute Gasteiger partial charge is 0.284 e. The van der Waals surface area contributed by atoms with Gasteiger partial charge in [0.2, 0.25) is 0 Å². The highest BCUT2D eigenvalue weighted by atomic mass is 19.3. The number of nitrogens with one attached hydrogen (secondary N) is 1. The summed E-state index contributed by atoms with van der Waals surface area (Å²) in [6, 6.07) is 1.94. The number of hydrogen-bond donors (Lipinski definition) is 2. The monoisotopic (exact) mass is 202 g/mol. The second-order valence-electron chi connectivity index (χ2n) is 2.87. The van der Waals surface area contributed by atoms with Crippen LogP contribution in [-0.2, 0) is 5.92 Å². The van der Waals surface area contributed by atoms with Gasteiger partial charge >= 0.3 is 0 Å². The molecule has 4 nitrogen and oxygen atoms in total. The number of alkyl halides is 2. The summed E-state index contributed by atoms with van der Waals surface area (Å²) in [7, 11) is 0. The highest BCUT2D eigenvalue weighted by molar-refractivity contribution is 5.92. The average molecular weight is 202 g/mol. The van der Waals surface area contributed by atoms with Gasteiger partial charge in [-0.15, -0.1) is 0 Å². The number of amides is 1. The van der Waals surface area contributed by atoms with Gasteiger partial charge in [0.25, 0.3) is 17.4 Å². The van der Waals surface area contributed by atoms with Crippen LogP contribution in [0.15, 0.2) is 16.9 Å². The molecule has 0 aliphatic rings. The van der Waals surface area contributed by atoms with Crippen LogP contribution in [0.5, 0.6) is 0 Å². The Balaban J connectivity index is 3.27. The van der Waals surface area contributed by atoms with E-state index in [-0.39, 0.29) is 5.56 Å². The van der Waals surface area contributed by atoms with Crippen LogP contribution in [-0.4, -0.2) is 10.9 Å². The number of carbonyl (C=O) groups is 1. The number of primary amides is 1. The summed E-state index contributed by atoms with van der Waals surface area (Å²) in [6.07, 6.45) is 0. The van der Waals surface area contributed by atoms with Gasteiger partial charge < -0.3 is 10.7 Å². The molecule has 3 N–H and O–H groups in total. The van der Waals surface area contributed by atoms with Gasteiger partial charge in [-0.3, -0.25) is 9.59 Å². The van der Waals surface area contributed by atoms with Crippen molar-refractivity contribution < 1.29 is 13.6 Å². The van der Waals surface area contributed by atoms with E-state index in [1.54, 1.807) is 0 Å². The molecule has 0 aliphatic carbocycles. The van der Waals surface area contributed by atoms with E-state index in [9.17, 15) is 18.4 Å². The third-order valence-electron chi connectivity index (χ3n) is 1.65. The molecule has 1 aromatic heterocycles. The molecule has 0 unspecified atom stereocenters. The van der Waals surface area contributed by atoms with Gasteiger partial charge in [-0.1, -0.05) is 0 Å². The molecule has 0 radical (unpaired) electrons. The number of aromatic amines is 1. The minimum absolute atomic E-state index is 0.335. The summed E-state index contributed by atoms with van der Waals surface area (Å²) in [5.41, 5.74) is 3.04. The Morgan fingerprint density at radius 2 is 2.07 bits per heavy atom. The Hall–Kier alpha value is -1.72. The Bertz CT molecular complexity index is 420. The van der Waals surface area contributed by atoms with Gasteiger partial charge in [-0.2, -0.15) is 0 Å². The normalized spacial score (nSPS) is 11.4. The number of aromatic nitrogens is 1. The van der Waals surface area contributed by atoms with Crippen LogP contribution in [0.4, 0.5) is 8.78 Å². The van der Waals surface area contributed by atoms with E-state index < -0.39 is 23.1 Å². The lowest BCUT2D eigenvalue weighted by atomic mass is 10.2. The lowest BCUT2D eigenvalue weighted by Crippen LogP contribution is -2.26. The summed E-state index contributed by atoms with van der Waals surface area (Å²) in [5.74, 6) is -4.09. The van der Waals surface area contributed by atoms with E-state index in [1.807, 2.05) is 4.98 Å². The first-order chi connectivity index (χ1) is 6.32. The van der Waals surface area contributed by atoms with Crippen molar-refractivity contribution >= 4 is 5.91 Å². The van der Waals surface area contributed by atoms with Crippen LogP contribution < -0.4 is 11.3 Å². The van der Waals surface area contributed by atoms with Gasteiger partial charge in [-0.05, 0) is 12.1 Å². The quantitative estimate of drug-likeness (QED) is 0.736. The Labute approximate surface area is 77.7 Å². The van der Waals surface area contributed by atoms with Crippen LogP contribution in [0, 0.1) is 0 Å². The van der Waals surface area contributed by atoms with E-state index in [4.69, 9.17) is 5.73 Å². The molecule has 0 saturated carbocycles. The molecule has 0 spiro atoms. The van der Waals surface area contributed by atoms with E-state index >= 15 is 0 Å². The number of carbonyl (C=O) groups excluding carboxylic acids is 1. The van der Waals surface area contributed by atoms with Crippen molar-refractivity contribution in [3.05, 3.63) is 33.7 Å². The number of rotatable bonds is 2. The number of H-pyrrole nitrogens is 1. The fourth-order valence-electron chi connectivity index (χ4n) is 0.924. The van der Waals surface area contributed by atoms with Crippen molar-refractivity contribution in [2.24, 2.45) is 5.73 Å². The summed E-state index contributed by atoms with van der Waals surface area (Å²) >= 11 is 0. The predicted molar refractivity (Wildman–Crippen MR) is 45.1 cm³/mol. The number of halogens is 2. The lowest BCUT2D eigenvalue weighted by Gasteiger charge is -2.09. The summed E-state index contributed by atoms with van der Waals surface area (Å²) in [4.78, 5) is 23.5. The molecule has 0 atom stereocenters. The zero-order chi connectivity index (χ0) is 10.9. The zero-order valence-electron chi connectivity index (χ0n) is 7.30.